The Morgan fingerprint density at radius 2 is 1.96 bits per heavy atom. The molecule has 1 heterocycles. The molecule has 0 saturated carbocycles. The third-order valence-electron chi connectivity index (χ3n) is 3.00. The molecule has 0 saturated heterocycles. The maximum atomic E-state index is 12.5. The lowest BCUT2D eigenvalue weighted by atomic mass is 10.1. The number of aromatic carboxylic acids is 1. The minimum absolute atomic E-state index is 0.0852. The van der Waals surface area contributed by atoms with Crippen LogP contribution in [0.3, 0.4) is 0 Å². The molecule has 0 aliphatic heterocycles. The number of ether oxygens (including phenoxy) is 1. The van der Waals surface area contributed by atoms with Crippen LogP contribution in [0.4, 0.5) is 5.69 Å². The summed E-state index contributed by atoms with van der Waals surface area (Å²) in [5.74, 6) is -1.89. The number of rotatable bonds is 5. The van der Waals surface area contributed by atoms with E-state index in [1.54, 1.807) is 12.3 Å². The van der Waals surface area contributed by atoms with Gasteiger partial charge in [0.15, 0.2) is 0 Å². The zero-order valence-corrected chi connectivity index (χ0v) is 13.8. The van der Waals surface area contributed by atoms with Gasteiger partial charge in [0.25, 0.3) is 10.0 Å². The van der Waals surface area contributed by atoms with Gasteiger partial charge in [0.05, 0.1) is 23.3 Å². The van der Waals surface area contributed by atoms with Gasteiger partial charge in [0.2, 0.25) is 0 Å². The number of carbonyl (C=O) groups excluding carboxylic acids is 1. The highest BCUT2D eigenvalue weighted by atomic mass is 32.2. The number of benzene rings is 1. The molecule has 0 bridgehead atoms. The number of nitrogens with one attached hydrogen (secondary N) is 1. The Labute approximate surface area is 136 Å². The van der Waals surface area contributed by atoms with Gasteiger partial charge in [-0.15, -0.1) is 11.3 Å². The van der Waals surface area contributed by atoms with E-state index in [-0.39, 0.29) is 21.0 Å². The van der Waals surface area contributed by atoms with Crippen molar-refractivity contribution in [3.63, 3.8) is 0 Å². The number of methoxy groups -OCH3 is 1. The molecule has 0 spiro atoms. The minimum atomic E-state index is -4.05. The molecular formula is C14H13NO6S2. The van der Waals surface area contributed by atoms with Crippen LogP contribution in [0.2, 0.25) is 0 Å². The monoisotopic (exact) mass is 355 g/mol. The van der Waals surface area contributed by atoms with Crippen LogP contribution < -0.4 is 4.72 Å². The Kier molecular flexibility index (Phi) is 4.71. The zero-order chi connectivity index (χ0) is 17.2. The number of carboxylic acids is 1. The first-order valence-corrected chi connectivity index (χ1v) is 8.65. The van der Waals surface area contributed by atoms with Crippen molar-refractivity contribution in [2.45, 2.75) is 11.8 Å². The lowest BCUT2D eigenvalue weighted by molar-refractivity contribution is 0.0606. The largest absolute Gasteiger partial charge is 0.478 e. The fraction of sp³-hybridized carbons (Fsp3) is 0.143. The summed E-state index contributed by atoms with van der Waals surface area (Å²) >= 11 is 1.03. The SMILES string of the molecule is COC(=O)c1sccc1NS(=O)(=O)c1cc(C(=O)O)ccc1C. The quantitative estimate of drug-likeness (QED) is 0.797. The van der Waals surface area contributed by atoms with E-state index >= 15 is 0 Å². The lowest BCUT2D eigenvalue weighted by Gasteiger charge is -2.11. The highest BCUT2D eigenvalue weighted by molar-refractivity contribution is 7.92. The number of thiophene rings is 1. The van der Waals surface area contributed by atoms with Crippen LogP contribution in [0, 0.1) is 6.92 Å². The summed E-state index contributed by atoms with van der Waals surface area (Å²) in [6, 6.07) is 5.24. The van der Waals surface area contributed by atoms with Gasteiger partial charge in [0, 0.05) is 0 Å². The second-order valence-corrected chi connectivity index (χ2v) is 7.11. The van der Waals surface area contributed by atoms with Crippen LogP contribution in [0.1, 0.15) is 25.6 Å². The molecule has 0 atom stereocenters. The van der Waals surface area contributed by atoms with Crippen molar-refractivity contribution in [1.29, 1.82) is 0 Å². The van der Waals surface area contributed by atoms with E-state index in [1.165, 1.54) is 25.3 Å². The van der Waals surface area contributed by atoms with Crippen molar-refractivity contribution in [3.8, 4) is 0 Å². The van der Waals surface area contributed by atoms with E-state index in [2.05, 4.69) is 9.46 Å². The Morgan fingerprint density at radius 1 is 1.26 bits per heavy atom. The summed E-state index contributed by atoms with van der Waals surface area (Å²) in [6.45, 7) is 1.55. The van der Waals surface area contributed by atoms with E-state index in [1.807, 2.05) is 0 Å². The number of carbonyl (C=O) groups is 2. The third-order valence-corrected chi connectivity index (χ3v) is 5.41. The number of anilines is 1. The average Bonchev–Trinajstić information content (AvgIpc) is 2.93. The fourth-order valence-corrected chi connectivity index (χ4v) is 4.04. The number of sulfonamides is 1. The van der Waals surface area contributed by atoms with E-state index in [0.29, 0.717) is 5.56 Å². The van der Waals surface area contributed by atoms with Crippen molar-refractivity contribution in [2.75, 3.05) is 11.8 Å². The van der Waals surface area contributed by atoms with Crippen LogP contribution in [0.15, 0.2) is 34.5 Å². The third kappa shape index (κ3) is 3.51. The van der Waals surface area contributed by atoms with Crippen molar-refractivity contribution < 1.29 is 27.9 Å². The summed E-state index contributed by atoms with van der Waals surface area (Å²) in [6.07, 6.45) is 0. The summed E-state index contributed by atoms with van der Waals surface area (Å²) in [7, 11) is -2.85. The smallest absolute Gasteiger partial charge is 0.350 e. The van der Waals surface area contributed by atoms with E-state index in [4.69, 9.17) is 5.11 Å². The first kappa shape index (κ1) is 17.0. The molecule has 7 nitrogen and oxygen atoms in total. The normalized spacial score (nSPS) is 11.0. The molecule has 2 N–H and O–H groups in total. The molecule has 0 aliphatic carbocycles. The number of aryl methyl sites for hydroxylation is 1. The fourth-order valence-electron chi connectivity index (χ4n) is 1.86. The molecule has 2 aromatic rings. The van der Waals surface area contributed by atoms with E-state index < -0.39 is 22.0 Å². The van der Waals surface area contributed by atoms with Crippen molar-refractivity contribution >= 4 is 39.0 Å². The second-order valence-electron chi connectivity index (χ2n) is 4.55. The summed E-state index contributed by atoms with van der Waals surface area (Å²) in [4.78, 5) is 22.6. The Hall–Kier alpha value is -2.39. The molecule has 9 heteroatoms. The van der Waals surface area contributed by atoms with Crippen LogP contribution in [-0.4, -0.2) is 32.6 Å². The molecule has 0 fully saturated rings. The van der Waals surface area contributed by atoms with Crippen LogP contribution in [-0.2, 0) is 14.8 Å². The zero-order valence-electron chi connectivity index (χ0n) is 12.2. The highest BCUT2D eigenvalue weighted by Crippen LogP contribution is 2.27. The summed E-state index contributed by atoms with van der Waals surface area (Å²) < 4.78 is 31.9. The second kappa shape index (κ2) is 6.39. The van der Waals surface area contributed by atoms with Crippen molar-refractivity contribution in [3.05, 3.63) is 45.6 Å². The van der Waals surface area contributed by atoms with Gasteiger partial charge >= 0.3 is 11.9 Å². The van der Waals surface area contributed by atoms with Gasteiger partial charge in [-0.25, -0.2) is 18.0 Å². The van der Waals surface area contributed by atoms with Gasteiger partial charge in [-0.05, 0) is 36.1 Å². The lowest BCUT2D eigenvalue weighted by Crippen LogP contribution is -2.16. The highest BCUT2D eigenvalue weighted by Gasteiger charge is 2.23. The molecule has 0 amide bonds. The number of hydrogen-bond donors (Lipinski definition) is 2. The maximum Gasteiger partial charge on any atom is 0.350 e. The number of esters is 1. The molecule has 1 aromatic carbocycles. The van der Waals surface area contributed by atoms with Crippen molar-refractivity contribution in [2.24, 2.45) is 0 Å². The topological polar surface area (TPSA) is 110 Å². The maximum absolute atomic E-state index is 12.5. The van der Waals surface area contributed by atoms with Gasteiger partial charge in [0.1, 0.15) is 4.88 Å². The first-order valence-electron chi connectivity index (χ1n) is 6.29. The number of hydrogen-bond acceptors (Lipinski definition) is 6. The standard InChI is InChI=1S/C14H13NO6S2/c1-8-3-4-9(13(16)17)7-11(8)23(19,20)15-10-5-6-22-12(10)14(18)21-2/h3-7,15H,1-2H3,(H,16,17). The predicted molar refractivity (Wildman–Crippen MR) is 84.6 cm³/mol. The molecule has 0 unspecified atom stereocenters. The van der Waals surface area contributed by atoms with Crippen LogP contribution >= 0.6 is 11.3 Å². The number of carboxylic acid groups (broad SMARTS) is 1. The van der Waals surface area contributed by atoms with Crippen LogP contribution in [0.5, 0.6) is 0 Å². The molecule has 0 aliphatic rings. The minimum Gasteiger partial charge on any atom is -0.478 e. The summed E-state index contributed by atoms with van der Waals surface area (Å²) in [5.41, 5.74) is 0.328. The van der Waals surface area contributed by atoms with Crippen LogP contribution in [0.25, 0.3) is 0 Å². The van der Waals surface area contributed by atoms with Crippen molar-refractivity contribution in [1.82, 2.24) is 0 Å². The van der Waals surface area contributed by atoms with E-state index in [0.717, 1.165) is 17.4 Å². The average molecular weight is 355 g/mol. The molecule has 23 heavy (non-hydrogen) atoms. The van der Waals surface area contributed by atoms with Gasteiger partial charge in [-0.3, -0.25) is 4.72 Å². The first-order chi connectivity index (χ1) is 10.8. The van der Waals surface area contributed by atoms with Gasteiger partial charge in [-0.2, -0.15) is 0 Å². The predicted octanol–water partition coefficient (Wildman–Crippen LogP) is 2.34. The molecule has 122 valence electrons. The Morgan fingerprint density at radius 3 is 2.57 bits per heavy atom. The molecule has 1 aromatic heterocycles. The Balaban J connectivity index is 2.44. The van der Waals surface area contributed by atoms with Gasteiger partial charge in [-0.1, -0.05) is 6.07 Å². The molecule has 0 radical (unpaired) electrons. The van der Waals surface area contributed by atoms with E-state index in [9.17, 15) is 18.0 Å². The Bertz CT molecular complexity index is 869. The van der Waals surface area contributed by atoms with Gasteiger partial charge < -0.3 is 9.84 Å². The summed E-state index contributed by atoms with van der Waals surface area (Å²) in [5, 5.41) is 10.5. The molecular weight excluding hydrogens is 342 g/mol. The molecule has 2 rings (SSSR count).